The molecule has 1 aliphatic rings. The lowest BCUT2D eigenvalue weighted by molar-refractivity contribution is -0.117. The number of halogens is 1. The van der Waals surface area contributed by atoms with E-state index in [0.717, 1.165) is 22.6 Å². The number of benzene rings is 3. The van der Waals surface area contributed by atoms with Crippen molar-refractivity contribution >= 4 is 34.6 Å². The van der Waals surface area contributed by atoms with Crippen LogP contribution in [0, 0.1) is 0 Å². The molecule has 0 N–H and O–H groups in total. The smallest absolute Gasteiger partial charge is 0.250 e. The van der Waals surface area contributed by atoms with Crippen LogP contribution in [-0.4, -0.2) is 5.91 Å². The fourth-order valence-corrected chi connectivity index (χ4v) is 3.16. The first-order valence-corrected chi connectivity index (χ1v) is 8.13. The highest BCUT2D eigenvalue weighted by molar-refractivity contribution is 6.31. The van der Waals surface area contributed by atoms with Crippen LogP contribution >= 0.6 is 11.6 Å². The van der Waals surface area contributed by atoms with Crippen LogP contribution in [0.5, 0.6) is 0 Å². The Balaban J connectivity index is 1.89. The first kappa shape index (κ1) is 14.8. The number of hydrogen-bond acceptors (Lipinski definition) is 2. The van der Waals surface area contributed by atoms with Crippen molar-refractivity contribution in [3.8, 4) is 0 Å². The topological polar surface area (TPSA) is 23.6 Å². The lowest BCUT2D eigenvalue weighted by Crippen LogP contribution is -2.42. The van der Waals surface area contributed by atoms with Crippen molar-refractivity contribution in [1.82, 2.24) is 0 Å². The summed E-state index contributed by atoms with van der Waals surface area (Å²) < 4.78 is 0. The SMILES string of the molecule is O=C1Cc2ccc(Cl)cc2N1N(c1ccccc1)c1ccccc1. The van der Waals surface area contributed by atoms with Gasteiger partial charge < -0.3 is 0 Å². The Kier molecular flexibility index (Phi) is 3.71. The Labute approximate surface area is 145 Å². The first-order valence-electron chi connectivity index (χ1n) is 7.75. The predicted octanol–water partition coefficient (Wildman–Crippen LogP) is 4.98. The summed E-state index contributed by atoms with van der Waals surface area (Å²) in [7, 11) is 0. The van der Waals surface area contributed by atoms with Crippen molar-refractivity contribution < 1.29 is 4.79 Å². The molecule has 4 heteroatoms. The van der Waals surface area contributed by atoms with Crippen LogP contribution < -0.4 is 10.0 Å². The lowest BCUT2D eigenvalue weighted by Gasteiger charge is -2.34. The maximum absolute atomic E-state index is 12.8. The maximum atomic E-state index is 12.8. The van der Waals surface area contributed by atoms with Gasteiger partial charge in [0.2, 0.25) is 0 Å². The second-order valence-corrected chi connectivity index (χ2v) is 6.07. The summed E-state index contributed by atoms with van der Waals surface area (Å²) >= 11 is 6.18. The van der Waals surface area contributed by atoms with Crippen molar-refractivity contribution in [3.05, 3.63) is 89.4 Å². The molecule has 118 valence electrons. The molecule has 0 fully saturated rings. The molecule has 4 rings (SSSR count). The van der Waals surface area contributed by atoms with Crippen molar-refractivity contribution in [2.75, 3.05) is 10.0 Å². The predicted molar refractivity (Wildman–Crippen MR) is 97.7 cm³/mol. The van der Waals surface area contributed by atoms with Gasteiger partial charge >= 0.3 is 0 Å². The summed E-state index contributed by atoms with van der Waals surface area (Å²) in [4.78, 5) is 12.8. The molecule has 0 unspecified atom stereocenters. The number of anilines is 3. The number of carbonyl (C=O) groups is 1. The van der Waals surface area contributed by atoms with E-state index in [0.29, 0.717) is 11.4 Å². The number of nitrogens with zero attached hydrogens (tertiary/aromatic N) is 2. The van der Waals surface area contributed by atoms with Gasteiger partial charge in [-0.1, -0.05) is 54.1 Å². The van der Waals surface area contributed by atoms with E-state index in [4.69, 9.17) is 11.6 Å². The summed E-state index contributed by atoms with van der Waals surface area (Å²) in [5, 5.41) is 4.27. The molecule has 3 nitrogen and oxygen atoms in total. The molecular formula is C20H15ClN2O. The molecule has 1 heterocycles. The van der Waals surface area contributed by atoms with Crippen molar-refractivity contribution in [3.63, 3.8) is 0 Å². The van der Waals surface area contributed by atoms with Crippen molar-refractivity contribution in [2.45, 2.75) is 6.42 Å². The number of hydrazine groups is 1. The standard InChI is InChI=1S/C20H15ClN2O/c21-16-12-11-15-13-20(24)23(19(15)14-16)22(17-7-3-1-4-8-17)18-9-5-2-6-10-18/h1-12,14H,13H2. The van der Waals surface area contributed by atoms with Crippen LogP contribution in [-0.2, 0) is 11.2 Å². The van der Waals surface area contributed by atoms with Crippen LogP contribution in [0.15, 0.2) is 78.9 Å². The molecule has 0 saturated heterocycles. The first-order chi connectivity index (χ1) is 11.7. The Morgan fingerprint density at radius 2 is 1.42 bits per heavy atom. The number of carbonyl (C=O) groups excluding carboxylic acids is 1. The molecule has 1 amide bonds. The van der Waals surface area contributed by atoms with E-state index in [9.17, 15) is 4.79 Å². The maximum Gasteiger partial charge on any atom is 0.250 e. The molecule has 0 radical (unpaired) electrons. The molecule has 3 aromatic rings. The minimum atomic E-state index is 0.0278. The van der Waals surface area contributed by atoms with E-state index in [2.05, 4.69) is 0 Å². The molecule has 0 bridgehead atoms. The Morgan fingerprint density at radius 3 is 2.00 bits per heavy atom. The molecular weight excluding hydrogens is 320 g/mol. The van der Waals surface area contributed by atoms with E-state index in [1.807, 2.05) is 83.9 Å². The minimum absolute atomic E-state index is 0.0278. The molecule has 0 atom stereocenters. The van der Waals surface area contributed by atoms with Crippen LogP contribution in [0.1, 0.15) is 5.56 Å². The van der Waals surface area contributed by atoms with Gasteiger partial charge in [0, 0.05) is 5.02 Å². The summed E-state index contributed by atoms with van der Waals surface area (Å²) in [6, 6.07) is 25.3. The van der Waals surface area contributed by atoms with Crippen molar-refractivity contribution in [1.29, 1.82) is 0 Å². The van der Waals surface area contributed by atoms with Gasteiger partial charge in [0.25, 0.3) is 5.91 Å². The van der Waals surface area contributed by atoms with Gasteiger partial charge in [0.15, 0.2) is 0 Å². The monoisotopic (exact) mass is 334 g/mol. The summed E-state index contributed by atoms with van der Waals surface area (Å²) in [6.45, 7) is 0. The quantitative estimate of drug-likeness (QED) is 0.674. The van der Waals surface area contributed by atoms with Gasteiger partial charge in [-0.2, -0.15) is 0 Å². The van der Waals surface area contributed by atoms with Gasteiger partial charge in [-0.25, -0.2) is 10.0 Å². The average Bonchev–Trinajstić information content (AvgIpc) is 2.93. The van der Waals surface area contributed by atoms with Gasteiger partial charge in [-0.05, 0) is 42.0 Å². The third-order valence-corrected chi connectivity index (χ3v) is 4.29. The highest BCUT2D eigenvalue weighted by Gasteiger charge is 2.33. The van der Waals surface area contributed by atoms with E-state index in [-0.39, 0.29) is 5.91 Å². The van der Waals surface area contributed by atoms with E-state index < -0.39 is 0 Å². The second-order valence-electron chi connectivity index (χ2n) is 5.64. The van der Waals surface area contributed by atoms with Gasteiger partial charge in [-0.15, -0.1) is 0 Å². The van der Waals surface area contributed by atoms with Crippen molar-refractivity contribution in [2.24, 2.45) is 0 Å². The normalized spacial score (nSPS) is 13.0. The summed E-state index contributed by atoms with van der Waals surface area (Å²) in [5.74, 6) is 0.0278. The average molecular weight is 335 g/mol. The van der Waals surface area contributed by atoms with Crippen LogP contribution in [0.3, 0.4) is 0 Å². The van der Waals surface area contributed by atoms with Gasteiger partial charge in [0.1, 0.15) is 0 Å². The Morgan fingerprint density at radius 1 is 0.833 bits per heavy atom. The van der Waals surface area contributed by atoms with Gasteiger partial charge in [0.05, 0.1) is 23.5 Å². The number of amides is 1. The molecule has 0 aromatic heterocycles. The zero-order valence-electron chi connectivity index (χ0n) is 12.9. The van der Waals surface area contributed by atoms with E-state index >= 15 is 0 Å². The Hall–Kier alpha value is -2.78. The molecule has 24 heavy (non-hydrogen) atoms. The molecule has 0 saturated carbocycles. The summed E-state index contributed by atoms with van der Waals surface area (Å²) in [6.07, 6.45) is 0.378. The molecule has 0 spiro atoms. The molecule has 0 aliphatic carbocycles. The largest absolute Gasteiger partial charge is 0.272 e. The zero-order chi connectivity index (χ0) is 16.5. The van der Waals surface area contributed by atoms with E-state index in [1.165, 1.54) is 0 Å². The third kappa shape index (κ3) is 2.53. The zero-order valence-corrected chi connectivity index (χ0v) is 13.6. The number of hydrogen-bond donors (Lipinski definition) is 0. The minimum Gasteiger partial charge on any atom is -0.272 e. The fourth-order valence-electron chi connectivity index (χ4n) is 2.99. The number of fused-ring (bicyclic) bond motifs is 1. The van der Waals surface area contributed by atoms with Gasteiger partial charge in [-0.3, -0.25) is 4.79 Å². The fraction of sp³-hybridized carbons (Fsp3) is 0.0500. The highest BCUT2D eigenvalue weighted by atomic mass is 35.5. The Bertz CT molecular complexity index is 841. The lowest BCUT2D eigenvalue weighted by atomic mass is 10.2. The number of para-hydroxylation sites is 2. The third-order valence-electron chi connectivity index (χ3n) is 4.05. The highest BCUT2D eigenvalue weighted by Crippen LogP contribution is 2.38. The number of rotatable bonds is 3. The van der Waals surface area contributed by atoms with Crippen LogP contribution in [0.4, 0.5) is 17.1 Å². The summed E-state index contributed by atoms with van der Waals surface area (Å²) in [5.41, 5.74) is 3.66. The molecule has 1 aliphatic heterocycles. The van der Waals surface area contributed by atoms with E-state index in [1.54, 1.807) is 5.01 Å². The molecule has 3 aromatic carbocycles. The second kappa shape index (κ2) is 6.02. The van der Waals surface area contributed by atoms with Crippen LogP contribution in [0.2, 0.25) is 5.02 Å². The van der Waals surface area contributed by atoms with Crippen LogP contribution in [0.25, 0.3) is 0 Å².